The molecule has 6 nitrogen and oxygen atoms in total. The van der Waals surface area contributed by atoms with Crippen LogP contribution >= 0.6 is 0 Å². The smallest absolute Gasteiger partial charge is 0.317 e. The lowest BCUT2D eigenvalue weighted by atomic mass is 9.83. The van der Waals surface area contributed by atoms with Crippen LogP contribution in [-0.4, -0.2) is 66.2 Å². The van der Waals surface area contributed by atoms with Crippen LogP contribution in [0.1, 0.15) is 32.1 Å². The number of carboxylic acids is 1. The van der Waals surface area contributed by atoms with Gasteiger partial charge >= 0.3 is 12.0 Å². The van der Waals surface area contributed by atoms with Gasteiger partial charge in [-0.15, -0.1) is 0 Å². The zero-order valence-corrected chi connectivity index (χ0v) is 12.0. The van der Waals surface area contributed by atoms with Crippen LogP contribution in [0.15, 0.2) is 0 Å². The third-order valence-electron chi connectivity index (χ3n) is 4.29. The number of nitrogens with one attached hydrogen (secondary N) is 1. The van der Waals surface area contributed by atoms with E-state index >= 15 is 0 Å². The van der Waals surface area contributed by atoms with E-state index in [4.69, 9.17) is 5.11 Å². The Morgan fingerprint density at radius 1 is 1.10 bits per heavy atom. The summed E-state index contributed by atoms with van der Waals surface area (Å²) in [6, 6.07) is 0.00139. The van der Waals surface area contributed by atoms with Crippen molar-refractivity contribution in [3.05, 3.63) is 0 Å². The van der Waals surface area contributed by atoms with Crippen molar-refractivity contribution in [1.82, 2.24) is 15.1 Å². The van der Waals surface area contributed by atoms with Crippen LogP contribution in [0.25, 0.3) is 0 Å². The van der Waals surface area contributed by atoms with E-state index in [0.29, 0.717) is 19.6 Å². The average Bonchev–Trinajstić information content (AvgIpc) is 2.57. The number of nitrogens with zero attached hydrogens (tertiary/aromatic N) is 2. The fourth-order valence-corrected chi connectivity index (χ4v) is 2.80. The van der Waals surface area contributed by atoms with Crippen LogP contribution in [-0.2, 0) is 4.79 Å². The molecule has 0 bridgehead atoms. The Hall–Kier alpha value is -1.30. The molecule has 114 valence electrons. The monoisotopic (exact) mass is 283 g/mol. The van der Waals surface area contributed by atoms with Gasteiger partial charge in [0.1, 0.15) is 0 Å². The quantitative estimate of drug-likeness (QED) is 0.789. The second-order valence-electron chi connectivity index (χ2n) is 5.83. The van der Waals surface area contributed by atoms with Crippen molar-refractivity contribution >= 4 is 12.0 Å². The second kappa shape index (κ2) is 7.47. The summed E-state index contributed by atoms with van der Waals surface area (Å²) in [5, 5.41) is 11.8. The molecule has 0 radical (unpaired) electrons. The largest absolute Gasteiger partial charge is 0.480 e. The lowest BCUT2D eigenvalue weighted by Crippen LogP contribution is -2.43. The first kappa shape index (κ1) is 15.1. The molecule has 2 amide bonds. The van der Waals surface area contributed by atoms with Crippen molar-refractivity contribution in [2.75, 3.05) is 39.3 Å². The van der Waals surface area contributed by atoms with E-state index in [9.17, 15) is 9.59 Å². The minimum absolute atomic E-state index is 0.00139. The van der Waals surface area contributed by atoms with Gasteiger partial charge in [-0.3, -0.25) is 9.69 Å². The highest BCUT2D eigenvalue weighted by Crippen LogP contribution is 2.28. The second-order valence-corrected chi connectivity index (χ2v) is 5.83. The molecule has 2 rings (SSSR count). The molecule has 1 aliphatic carbocycles. The first-order valence-electron chi connectivity index (χ1n) is 7.62. The summed E-state index contributed by atoms with van der Waals surface area (Å²) in [7, 11) is 0. The number of aliphatic carboxylic acids is 1. The van der Waals surface area contributed by atoms with E-state index in [1.165, 1.54) is 19.3 Å². The highest BCUT2D eigenvalue weighted by molar-refractivity contribution is 5.74. The van der Waals surface area contributed by atoms with Crippen LogP contribution in [0.2, 0.25) is 0 Å². The maximum atomic E-state index is 12.0. The van der Waals surface area contributed by atoms with Gasteiger partial charge in [-0.05, 0) is 18.8 Å². The average molecular weight is 283 g/mol. The fraction of sp³-hybridized carbons (Fsp3) is 0.857. The molecule has 1 aliphatic heterocycles. The predicted molar refractivity (Wildman–Crippen MR) is 75.6 cm³/mol. The molecule has 0 atom stereocenters. The number of hydrogen-bond donors (Lipinski definition) is 2. The predicted octanol–water partition coefficient (Wildman–Crippen LogP) is 0.978. The maximum Gasteiger partial charge on any atom is 0.317 e. The highest BCUT2D eigenvalue weighted by Gasteiger charge is 2.21. The van der Waals surface area contributed by atoms with Crippen LogP contribution in [0, 0.1) is 5.92 Å². The molecule has 0 aromatic rings. The first-order valence-corrected chi connectivity index (χ1v) is 7.62. The van der Waals surface area contributed by atoms with Crippen molar-refractivity contribution in [2.24, 2.45) is 5.92 Å². The van der Waals surface area contributed by atoms with Gasteiger partial charge in [0.2, 0.25) is 0 Å². The summed E-state index contributed by atoms with van der Waals surface area (Å²) in [5.74, 6) is 0.00823. The maximum absolute atomic E-state index is 12.0. The van der Waals surface area contributed by atoms with Crippen molar-refractivity contribution in [2.45, 2.75) is 32.1 Å². The molecule has 20 heavy (non-hydrogen) atoms. The van der Waals surface area contributed by atoms with Gasteiger partial charge in [0.25, 0.3) is 0 Å². The molecular formula is C14H25N3O3. The fourth-order valence-electron chi connectivity index (χ4n) is 2.80. The number of carbonyl (C=O) groups excluding carboxylic acids is 1. The van der Waals surface area contributed by atoms with E-state index < -0.39 is 5.97 Å². The van der Waals surface area contributed by atoms with Crippen molar-refractivity contribution < 1.29 is 14.7 Å². The number of amides is 2. The molecule has 0 aromatic heterocycles. The van der Waals surface area contributed by atoms with Gasteiger partial charge < -0.3 is 15.3 Å². The third-order valence-corrected chi connectivity index (χ3v) is 4.29. The van der Waals surface area contributed by atoms with Gasteiger partial charge in [-0.25, -0.2) is 4.79 Å². The Kier molecular flexibility index (Phi) is 5.64. The summed E-state index contributed by atoms with van der Waals surface area (Å²) >= 11 is 0. The normalized spacial score (nSPS) is 21.1. The molecule has 0 unspecified atom stereocenters. The molecule has 1 heterocycles. The molecular weight excluding hydrogens is 258 g/mol. The first-order chi connectivity index (χ1) is 9.65. The number of urea groups is 1. The molecule has 1 saturated heterocycles. The molecule has 6 heteroatoms. The van der Waals surface area contributed by atoms with Crippen molar-refractivity contribution in [1.29, 1.82) is 0 Å². The number of carboxylic acid groups (broad SMARTS) is 1. The Morgan fingerprint density at radius 2 is 1.90 bits per heavy atom. The van der Waals surface area contributed by atoms with Crippen LogP contribution < -0.4 is 5.32 Å². The van der Waals surface area contributed by atoms with Crippen LogP contribution in [0.3, 0.4) is 0 Å². The topological polar surface area (TPSA) is 72.9 Å². The van der Waals surface area contributed by atoms with E-state index in [2.05, 4.69) is 5.32 Å². The molecule has 1 saturated carbocycles. The summed E-state index contributed by atoms with van der Waals surface area (Å²) in [4.78, 5) is 26.4. The van der Waals surface area contributed by atoms with Crippen LogP contribution in [0.5, 0.6) is 0 Å². The third kappa shape index (κ3) is 4.67. The SMILES string of the molecule is O=C(O)CN1CCCN(C(=O)NCCC2CCC2)CC1. The van der Waals surface area contributed by atoms with E-state index in [-0.39, 0.29) is 12.6 Å². The molecule has 0 spiro atoms. The van der Waals surface area contributed by atoms with E-state index in [1.54, 1.807) is 0 Å². The minimum Gasteiger partial charge on any atom is -0.480 e. The van der Waals surface area contributed by atoms with Gasteiger partial charge in [-0.1, -0.05) is 19.3 Å². The number of carbonyl (C=O) groups is 2. The lowest BCUT2D eigenvalue weighted by molar-refractivity contribution is -0.138. The van der Waals surface area contributed by atoms with Gasteiger partial charge in [0.15, 0.2) is 0 Å². The molecule has 2 aliphatic rings. The summed E-state index contributed by atoms with van der Waals surface area (Å²) in [6.07, 6.45) is 5.88. The van der Waals surface area contributed by atoms with Crippen molar-refractivity contribution in [3.8, 4) is 0 Å². The van der Waals surface area contributed by atoms with E-state index in [0.717, 1.165) is 31.8 Å². The van der Waals surface area contributed by atoms with Gasteiger partial charge in [-0.2, -0.15) is 0 Å². The Labute approximate surface area is 120 Å². The number of rotatable bonds is 5. The zero-order valence-electron chi connectivity index (χ0n) is 12.0. The van der Waals surface area contributed by atoms with Gasteiger partial charge in [0.05, 0.1) is 6.54 Å². The van der Waals surface area contributed by atoms with Crippen LogP contribution in [0.4, 0.5) is 4.79 Å². The number of hydrogen-bond acceptors (Lipinski definition) is 3. The summed E-state index contributed by atoms with van der Waals surface area (Å²) in [6.45, 7) is 3.55. The molecule has 0 aromatic carbocycles. The Bertz CT molecular complexity index is 345. The van der Waals surface area contributed by atoms with Gasteiger partial charge in [0, 0.05) is 32.7 Å². The molecule has 2 N–H and O–H groups in total. The standard InChI is InChI=1S/C14H25N3O3/c18-13(19)11-16-7-2-8-17(10-9-16)14(20)15-6-5-12-3-1-4-12/h12H,1-11H2,(H,15,20)(H,18,19). The van der Waals surface area contributed by atoms with Crippen molar-refractivity contribution in [3.63, 3.8) is 0 Å². The Balaban J connectivity index is 1.66. The molecule has 2 fully saturated rings. The van der Waals surface area contributed by atoms with E-state index in [1.807, 2.05) is 9.80 Å². The Morgan fingerprint density at radius 3 is 2.55 bits per heavy atom. The summed E-state index contributed by atoms with van der Waals surface area (Å²) in [5.41, 5.74) is 0. The zero-order chi connectivity index (χ0) is 14.4. The summed E-state index contributed by atoms with van der Waals surface area (Å²) < 4.78 is 0. The minimum atomic E-state index is -0.802. The highest BCUT2D eigenvalue weighted by atomic mass is 16.4. The lowest BCUT2D eigenvalue weighted by Gasteiger charge is -2.26.